The Kier molecular flexibility index (Phi) is 4.51. The van der Waals surface area contributed by atoms with Gasteiger partial charge in [-0.25, -0.2) is 5.43 Å². The molecule has 2 bridgehead atoms. The Morgan fingerprint density at radius 1 is 1.33 bits per heavy atom. The molecule has 0 unspecified atom stereocenters. The summed E-state index contributed by atoms with van der Waals surface area (Å²) >= 11 is 0. The van der Waals surface area contributed by atoms with Crippen LogP contribution >= 0.6 is 0 Å². The molecule has 2 saturated carbocycles. The highest BCUT2D eigenvalue weighted by atomic mass is 32.2. The second-order valence-electron chi connectivity index (χ2n) is 8.03. The van der Waals surface area contributed by atoms with Gasteiger partial charge in [-0.05, 0) is 56.5 Å². The van der Waals surface area contributed by atoms with Crippen molar-refractivity contribution in [3.8, 4) is 0 Å². The molecule has 8 heteroatoms. The molecule has 0 spiro atoms. The number of hydrogen-bond acceptors (Lipinski definition) is 5. The summed E-state index contributed by atoms with van der Waals surface area (Å²) in [5, 5.41) is 7.58. The van der Waals surface area contributed by atoms with E-state index >= 15 is 0 Å². The lowest BCUT2D eigenvalue weighted by Crippen LogP contribution is -2.43. The summed E-state index contributed by atoms with van der Waals surface area (Å²) < 4.78 is 32.6. The summed E-state index contributed by atoms with van der Waals surface area (Å²) in [6, 6.07) is 0. The van der Waals surface area contributed by atoms with Crippen LogP contribution in [-0.2, 0) is 14.9 Å². The van der Waals surface area contributed by atoms with Crippen LogP contribution in [0.5, 0.6) is 0 Å². The summed E-state index contributed by atoms with van der Waals surface area (Å²) in [6.07, 6.45) is 3.90. The molecule has 0 aromatic carbocycles. The van der Waals surface area contributed by atoms with E-state index in [1.165, 1.54) is 0 Å². The average Bonchev–Trinajstić information content (AvgIpc) is 2.86. The van der Waals surface area contributed by atoms with Gasteiger partial charge in [-0.3, -0.25) is 9.35 Å². The zero-order valence-corrected chi connectivity index (χ0v) is 15.2. The maximum absolute atomic E-state index is 12.3. The van der Waals surface area contributed by atoms with Gasteiger partial charge in [0.05, 0.1) is 5.75 Å². The number of carbonyl (C=O) groups excluding carboxylic acids is 1. The van der Waals surface area contributed by atoms with Crippen molar-refractivity contribution in [3.05, 3.63) is 0 Å². The van der Waals surface area contributed by atoms with Crippen LogP contribution in [0.1, 0.15) is 46.0 Å². The molecule has 1 aliphatic heterocycles. The van der Waals surface area contributed by atoms with Crippen LogP contribution in [0.4, 0.5) is 0 Å². The topological polar surface area (TPSA) is 108 Å². The summed E-state index contributed by atoms with van der Waals surface area (Å²) in [5.74, 6) is -0.106. The first-order chi connectivity index (χ1) is 11.2. The monoisotopic (exact) mass is 357 g/mol. The van der Waals surface area contributed by atoms with Crippen molar-refractivity contribution in [2.24, 2.45) is 27.8 Å². The Balaban J connectivity index is 1.80. The summed E-state index contributed by atoms with van der Waals surface area (Å²) in [5.41, 5.74) is 2.48. The zero-order valence-electron chi connectivity index (χ0n) is 14.3. The van der Waals surface area contributed by atoms with Crippen molar-refractivity contribution in [1.29, 1.82) is 0 Å². The number of nitrogens with one attached hydrogen (secondary N) is 2. The van der Waals surface area contributed by atoms with Crippen LogP contribution in [0.2, 0.25) is 0 Å². The van der Waals surface area contributed by atoms with Crippen LogP contribution in [0, 0.1) is 22.7 Å². The Morgan fingerprint density at radius 3 is 2.58 bits per heavy atom. The number of amides is 1. The van der Waals surface area contributed by atoms with Gasteiger partial charge in [-0.2, -0.15) is 13.5 Å². The lowest BCUT2D eigenvalue weighted by Gasteiger charge is -2.37. The van der Waals surface area contributed by atoms with Crippen molar-refractivity contribution < 1.29 is 17.8 Å². The fourth-order valence-electron chi connectivity index (χ4n) is 4.90. The number of carbonyl (C=O) groups is 1. The Labute approximate surface area is 143 Å². The van der Waals surface area contributed by atoms with Crippen molar-refractivity contribution in [2.45, 2.75) is 46.0 Å². The molecular formula is C16H27N3O4S. The van der Waals surface area contributed by atoms with Crippen LogP contribution in [0.25, 0.3) is 0 Å². The maximum atomic E-state index is 12.3. The predicted molar refractivity (Wildman–Crippen MR) is 91.1 cm³/mol. The molecule has 1 amide bonds. The van der Waals surface area contributed by atoms with E-state index in [1.54, 1.807) is 0 Å². The van der Waals surface area contributed by atoms with Gasteiger partial charge in [0, 0.05) is 17.0 Å². The van der Waals surface area contributed by atoms with Crippen molar-refractivity contribution in [3.63, 3.8) is 0 Å². The van der Waals surface area contributed by atoms with E-state index in [-0.39, 0.29) is 23.0 Å². The standard InChI is InChI=1S/C16H27N3O4S/c1-15(2)12-3-6-16(15,10-24(21,22)23)13(9-12)18-19-14(20)11-4-7-17-8-5-11/h11-12,17H,3-10H2,1-2H3,(H,19,20)(H,21,22,23)/b18-13-/t12-,16-/m0/s1. The van der Waals surface area contributed by atoms with Gasteiger partial charge in [0.15, 0.2) is 0 Å². The van der Waals surface area contributed by atoms with Gasteiger partial charge >= 0.3 is 0 Å². The highest BCUT2D eigenvalue weighted by Gasteiger charge is 2.64. The van der Waals surface area contributed by atoms with E-state index in [0.29, 0.717) is 18.8 Å². The van der Waals surface area contributed by atoms with Gasteiger partial charge in [0.25, 0.3) is 10.1 Å². The maximum Gasteiger partial charge on any atom is 0.265 e. The SMILES string of the molecule is CC1(C)[C@H]2CC[C@]1(CS(=O)(=O)O)/C(=N\NC(=O)C1CCNCC1)C2. The zero-order chi connectivity index (χ0) is 17.6. The minimum Gasteiger partial charge on any atom is -0.317 e. The van der Waals surface area contributed by atoms with E-state index in [9.17, 15) is 17.8 Å². The molecule has 3 N–H and O–H groups in total. The first-order valence-corrected chi connectivity index (χ1v) is 10.3. The van der Waals surface area contributed by atoms with E-state index in [2.05, 4.69) is 15.8 Å². The van der Waals surface area contributed by atoms with E-state index in [4.69, 9.17) is 0 Å². The average molecular weight is 357 g/mol. The number of nitrogens with zero attached hydrogens (tertiary/aromatic N) is 1. The third-order valence-corrected chi connectivity index (χ3v) is 7.46. The molecule has 24 heavy (non-hydrogen) atoms. The van der Waals surface area contributed by atoms with Crippen LogP contribution < -0.4 is 10.7 Å². The number of hydrogen-bond donors (Lipinski definition) is 3. The summed E-state index contributed by atoms with van der Waals surface area (Å²) in [6.45, 7) is 5.76. The number of piperidine rings is 1. The molecular weight excluding hydrogens is 330 g/mol. The molecule has 2 atom stereocenters. The first-order valence-electron chi connectivity index (χ1n) is 8.68. The highest BCUT2D eigenvalue weighted by Crippen LogP contribution is 2.64. The molecule has 2 aliphatic carbocycles. The molecule has 0 aromatic heterocycles. The predicted octanol–water partition coefficient (Wildman–Crippen LogP) is 1.17. The highest BCUT2D eigenvalue weighted by molar-refractivity contribution is 7.85. The number of hydrazone groups is 1. The van der Waals surface area contributed by atoms with Gasteiger partial charge in [0.2, 0.25) is 5.91 Å². The Bertz CT molecular complexity index is 652. The van der Waals surface area contributed by atoms with E-state index in [1.807, 2.05) is 13.8 Å². The van der Waals surface area contributed by atoms with Crippen LogP contribution in [0.15, 0.2) is 5.10 Å². The molecule has 1 saturated heterocycles. The smallest absolute Gasteiger partial charge is 0.265 e. The summed E-state index contributed by atoms with van der Waals surface area (Å²) in [7, 11) is -4.12. The third-order valence-electron chi connectivity index (χ3n) is 6.61. The molecule has 0 radical (unpaired) electrons. The summed E-state index contributed by atoms with van der Waals surface area (Å²) in [4.78, 5) is 12.3. The molecule has 0 aromatic rings. The largest absolute Gasteiger partial charge is 0.317 e. The molecule has 136 valence electrons. The normalized spacial score (nSPS) is 34.6. The van der Waals surface area contributed by atoms with Crippen LogP contribution in [0.3, 0.4) is 0 Å². The Morgan fingerprint density at radius 2 is 2.00 bits per heavy atom. The second-order valence-corrected chi connectivity index (χ2v) is 9.48. The molecule has 3 rings (SSSR count). The quantitative estimate of drug-likeness (QED) is 0.517. The van der Waals surface area contributed by atoms with E-state index < -0.39 is 15.5 Å². The Hall–Kier alpha value is -0.990. The second kappa shape index (κ2) is 6.07. The lowest BCUT2D eigenvalue weighted by molar-refractivity contribution is -0.125. The minimum atomic E-state index is -4.12. The van der Waals surface area contributed by atoms with Crippen molar-refractivity contribution in [1.82, 2.24) is 10.7 Å². The van der Waals surface area contributed by atoms with Crippen LogP contribution in [-0.4, -0.2) is 43.4 Å². The number of rotatable bonds is 4. The van der Waals surface area contributed by atoms with Crippen molar-refractivity contribution in [2.75, 3.05) is 18.8 Å². The molecule has 7 nitrogen and oxygen atoms in total. The minimum absolute atomic E-state index is 0.0419. The third kappa shape index (κ3) is 2.99. The van der Waals surface area contributed by atoms with E-state index in [0.717, 1.165) is 38.1 Å². The van der Waals surface area contributed by atoms with Crippen molar-refractivity contribution >= 4 is 21.7 Å². The first kappa shape index (κ1) is 17.8. The lowest BCUT2D eigenvalue weighted by atomic mass is 9.70. The molecule has 3 aliphatic rings. The fraction of sp³-hybridized carbons (Fsp3) is 0.875. The molecule has 1 heterocycles. The fourth-order valence-corrected chi connectivity index (χ4v) is 6.21. The van der Waals surface area contributed by atoms with Gasteiger partial charge in [-0.15, -0.1) is 0 Å². The van der Waals surface area contributed by atoms with Gasteiger partial charge < -0.3 is 5.32 Å². The van der Waals surface area contributed by atoms with Gasteiger partial charge in [0.1, 0.15) is 0 Å². The molecule has 3 fully saturated rings. The number of fused-ring (bicyclic) bond motifs is 2. The van der Waals surface area contributed by atoms with Gasteiger partial charge in [-0.1, -0.05) is 13.8 Å².